The molecule has 1 aliphatic rings. The molecule has 1 fully saturated rings. The van der Waals surface area contributed by atoms with Crippen LogP contribution < -0.4 is 9.47 Å². The van der Waals surface area contributed by atoms with Gasteiger partial charge >= 0.3 is 5.97 Å². The van der Waals surface area contributed by atoms with E-state index in [4.69, 9.17) is 9.47 Å². The van der Waals surface area contributed by atoms with Crippen molar-refractivity contribution in [3.63, 3.8) is 0 Å². The molecule has 0 spiro atoms. The van der Waals surface area contributed by atoms with Crippen LogP contribution in [0.5, 0.6) is 11.5 Å². The molecule has 0 bridgehead atoms. The third-order valence-electron chi connectivity index (χ3n) is 6.08. The maximum atomic E-state index is 13.4. The molecule has 3 rings (SSSR count). The number of ketones is 1. The van der Waals surface area contributed by atoms with Crippen LogP contribution in [0, 0.1) is 0 Å². The predicted molar refractivity (Wildman–Crippen MR) is 137 cm³/mol. The second-order valence-corrected chi connectivity index (χ2v) is 10.1. The Bertz CT molecular complexity index is 1210. The van der Waals surface area contributed by atoms with Gasteiger partial charge in [0.1, 0.15) is 17.3 Å². The standard InChI is InChI=1S/C28H34N2O6/c1-17(31)36-20-10-8-9-18(15-20)24-23(26(33)27(34)30(24)14-13-29(5)6)25(32)21-16-19(28(2,3)4)11-12-22(21)35-7/h8-12,15-16,24,32H,13-14H2,1-7H3/b25-23+. The Morgan fingerprint density at radius 1 is 1.11 bits per heavy atom. The molecule has 1 atom stereocenters. The number of likely N-dealkylation sites (N-methyl/N-ethyl adjacent to an activating group) is 1. The first kappa shape index (κ1) is 26.9. The first-order valence-electron chi connectivity index (χ1n) is 11.8. The molecule has 1 heterocycles. The maximum Gasteiger partial charge on any atom is 0.308 e. The first-order chi connectivity index (χ1) is 16.8. The Balaban J connectivity index is 2.26. The Kier molecular flexibility index (Phi) is 7.89. The largest absolute Gasteiger partial charge is 0.507 e. The summed E-state index contributed by atoms with van der Waals surface area (Å²) in [5, 5.41) is 11.6. The van der Waals surface area contributed by atoms with Crippen molar-refractivity contribution in [1.29, 1.82) is 0 Å². The molecule has 0 saturated carbocycles. The van der Waals surface area contributed by atoms with Gasteiger partial charge in [0.25, 0.3) is 11.7 Å². The van der Waals surface area contributed by atoms with Crippen LogP contribution >= 0.6 is 0 Å². The van der Waals surface area contributed by atoms with Crippen molar-refractivity contribution in [2.45, 2.75) is 39.2 Å². The quantitative estimate of drug-likeness (QED) is 0.205. The Morgan fingerprint density at radius 2 is 1.81 bits per heavy atom. The number of aliphatic hydroxyl groups is 1. The number of Topliss-reactive ketones (excluding diaryl/α,β-unsaturated/α-hetero) is 1. The summed E-state index contributed by atoms with van der Waals surface area (Å²) in [5.74, 6) is -1.62. The number of carbonyl (C=O) groups is 3. The smallest absolute Gasteiger partial charge is 0.308 e. The van der Waals surface area contributed by atoms with E-state index in [0.717, 1.165) is 5.56 Å². The van der Waals surface area contributed by atoms with Gasteiger partial charge < -0.3 is 24.4 Å². The fourth-order valence-corrected chi connectivity index (χ4v) is 4.18. The normalized spacial score (nSPS) is 17.6. The Morgan fingerprint density at radius 3 is 2.39 bits per heavy atom. The molecule has 0 aliphatic carbocycles. The zero-order valence-electron chi connectivity index (χ0n) is 21.9. The second kappa shape index (κ2) is 10.5. The summed E-state index contributed by atoms with van der Waals surface area (Å²) in [6, 6.07) is 11.2. The van der Waals surface area contributed by atoms with E-state index >= 15 is 0 Å². The third kappa shape index (κ3) is 5.60. The van der Waals surface area contributed by atoms with Crippen molar-refractivity contribution in [1.82, 2.24) is 9.80 Å². The molecule has 0 radical (unpaired) electrons. The van der Waals surface area contributed by atoms with Crippen molar-refractivity contribution in [2.75, 3.05) is 34.3 Å². The number of rotatable bonds is 7. The Labute approximate surface area is 212 Å². The van der Waals surface area contributed by atoms with Gasteiger partial charge in [-0.1, -0.05) is 39.0 Å². The van der Waals surface area contributed by atoms with Gasteiger partial charge in [-0.15, -0.1) is 0 Å². The van der Waals surface area contributed by atoms with E-state index in [1.54, 1.807) is 36.4 Å². The molecular weight excluding hydrogens is 460 g/mol. The van der Waals surface area contributed by atoms with Crippen molar-refractivity contribution in [3.8, 4) is 11.5 Å². The fraction of sp³-hybridized carbons (Fsp3) is 0.393. The summed E-state index contributed by atoms with van der Waals surface area (Å²) in [4.78, 5) is 41.4. The topological polar surface area (TPSA) is 96.4 Å². The number of carbonyl (C=O) groups excluding carboxylic acids is 3. The molecule has 36 heavy (non-hydrogen) atoms. The lowest BCUT2D eigenvalue weighted by atomic mass is 9.85. The number of amides is 1. The van der Waals surface area contributed by atoms with Crippen LogP contribution in [0.4, 0.5) is 0 Å². The van der Waals surface area contributed by atoms with E-state index in [9.17, 15) is 19.5 Å². The van der Waals surface area contributed by atoms with Crippen LogP contribution in [0.3, 0.4) is 0 Å². The van der Waals surface area contributed by atoms with Gasteiger partial charge in [0.2, 0.25) is 0 Å². The molecule has 192 valence electrons. The number of nitrogens with zero attached hydrogens (tertiary/aromatic N) is 2. The zero-order chi connectivity index (χ0) is 26.8. The lowest BCUT2D eigenvalue weighted by molar-refractivity contribution is -0.140. The van der Waals surface area contributed by atoms with Crippen molar-refractivity contribution in [2.24, 2.45) is 0 Å². The second-order valence-electron chi connectivity index (χ2n) is 10.1. The van der Waals surface area contributed by atoms with E-state index in [1.807, 2.05) is 45.8 Å². The summed E-state index contributed by atoms with van der Waals surface area (Å²) in [6.45, 7) is 8.19. The predicted octanol–water partition coefficient (Wildman–Crippen LogP) is 3.90. The van der Waals surface area contributed by atoms with Gasteiger partial charge in [0.15, 0.2) is 0 Å². The summed E-state index contributed by atoms with van der Waals surface area (Å²) >= 11 is 0. The SMILES string of the molecule is COc1ccc(C(C)(C)C)cc1/C(O)=C1\C(=O)C(=O)N(CCN(C)C)C1c1cccc(OC(C)=O)c1. The summed E-state index contributed by atoms with van der Waals surface area (Å²) in [6.07, 6.45) is 0. The monoisotopic (exact) mass is 494 g/mol. The maximum absolute atomic E-state index is 13.4. The number of hydrogen-bond donors (Lipinski definition) is 1. The highest BCUT2D eigenvalue weighted by atomic mass is 16.5. The van der Waals surface area contributed by atoms with Gasteiger partial charge in [0.05, 0.1) is 24.3 Å². The lowest BCUT2D eigenvalue weighted by Gasteiger charge is -2.27. The van der Waals surface area contributed by atoms with Crippen LogP contribution in [0.1, 0.15) is 50.4 Å². The van der Waals surface area contributed by atoms with Crippen molar-refractivity contribution in [3.05, 3.63) is 64.7 Å². The number of methoxy groups -OCH3 is 1. The minimum Gasteiger partial charge on any atom is -0.507 e. The molecule has 2 aromatic rings. The molecule has 1 N–H and O–H groups in total. The number of benzene rings is 2. The summed E-state index contributed by atoms with van der Waals surface area (Å²) < 4.78 is 10.7. The van der Waals surface area contributed by atoms with Crippen LogP contribution in [0.2, 0.25) is 0 Å². The van der Waals surface area contributed by atoms with E-state index in [0.29, 0.717) is 23.4 Å². The van der Waals surface area contributed by atoms with Crippen LogP contribution in [0.15, 0.2) is 48.0 Å². The molecule has 1 aliphatic heterocycles. The highest BCUT2D eigenvalue weighted by Crippen LogP contribution is 2.42. The third-order valence-corrected chi connectivity index (χ3v) is 6.08. The van der Waals surface area contributed by atoms with Gasteiger partial charge in [-0.25, -0.2) is 0 Å². The molecule has 8 nitrogen and oxygen atoms in total. The average molecular weight is 495 g/mol. The molecule has 1 amide bonds. The molecular formula is C28H34N2O6. The molecule has 0 aromatic heterocycles. The van der Waals surface area contributed by atoms with E-state index < -0.39 is 23.7 Å². The number of esters is 1. The number of hydrogen-bond acceptors (Lipinski definition) is 7. The minimum absolute atomic E-state index is 0.0388. The fourth-order valence-electron chi connectivity index (χ4n) is 4.18. The first-order valence-corrected chi connectivity index (χ1v) is 11.8. The van der Waals surface area contributed by atoms with E-state index in [-0.39, 0.29) is 29.0 Å². The summed E-state index contributed by atoms with van der Waals surface area (Å²) in [7, 11) is 5.23. The average Bonchev–Trinajstić information content (AvgIpc) is 3.05. The highest BCUT2D eigenvalue weighted by Gasteiger charge is 2.46. The molecule has 1 saturated heterocycles. The molecule has 8 heteroatoms. The number of aliphatic hydroxyl groups excluding tert-OH is 1. The van der Waals surface area contributed by atoms with E-state index in [2.05, 4.69) is 0 Å². The zero-order valence-corrected chi connectivity index (χ0v) is 21.9. The lowest BCUT2D eigenvalue weighted by Crippen LogP contribution is -2.35. The van der Waals surface area contributed by atoms with Crippen LogP contribution in [0.25, 0.3) is 5.76 Å². The van der Waals surface area contributed by atoms with Crippen molar-refractivity contribution < 1.29 is 29.0 Å². The minimum atomic E-state index is -0.872. The van der Waals surface area contributed by atoms with Crippen molar-refractivity contribution >= 4 is 23.4 Å². The highest BCUT2D eigenvalue weighted by molar-refractivity contribution is 6.46. The van der Waals surface area contributed by atoms with Gasteiger partial charge in [-0.2, -0.15) is 0 Å². The molecule has 2 aromatic carbocycles. The van der Waals surface area contributed by atoms with Crippen LogP contribution in [-0.2, 0) is 19.8 Å². The van der Waals surface area contributed by atoms with Gasteiger partial charge in [0, 0.05) is 20.0 Å². The van der Waals surface area contributed by atoms with Gasteiger partial charge in [-0.3, -0.25) is 14.4 Å². The van der Waals surface area contributed by atoms with Crippen LogP contribution in [-0.4, -0.2) is 66.9 Å². The summed E-state index contributed by atoms with van der Waals surface area (Å²) in [5.41, 5.74) is 1.54. The number of ether oxygens (including phenoxy) is 2. The number of likely N-dealkylation sites (tertiary alicyclic amines) is 1. The van der Waals surface area contributed by atoms with Gasteiger partial charge in [-0.05, 0) is 54.9 Å². The molecule has 1 unspecified atom stereocenters. The van der Waals surface area contributed by atoms with E-state index in [1.165, 1.54) is 18.9 Å². The Hall–Kier alpha value is -3.65.